The number of guanidine groups is 1. The molecule has 0 aromatic carbocycles. The van der Waals surface area contributed by atoms with Crippen molar-refractivity contribution in [1.82, 2.24) is 15.1 Å². The number of carbonyl (C=O) groups is 1. The highest BCUT2D eigenvalue weighted by molar-refractivity contribution is 14.0. The van der Waals surface area contributed by atoms with Crippen LogP contribution in [0.3, 0.4) is 0 Å². The van der Waals surface area contributed by atoms with Crippen molar-refractivity contribution in [3.05, 3.63) is 0 Å². The van der Waals surface area contributed by atoms with Crippen molar-refractivity contribution in [2.45, 2.75) is 20.3 Å². The van der Waals surface area contributed by atoms with Gasteiger partial charge in [-0.25, -0.2) is 0 Å². The van der Waals surface area contributed by atoms with Gasteiger partial charge in [-0.05, 0) is 6.42 Å². The van der Waals surface area contributed by atoms with Crippen molar-refractivity contribution in [2.75, 3.05) is 45.8 Å². The topological polar surface area (TPSA) is 74.0 Å². The first kappa shape index (κ1) is 18.4. The fourth-order valence-corrected chi connectivity index (χ4v) is 1.92. The van der Waals surface area contributed by atoms with Crippen LogP contribution in [0.15, 0.2) is 4.99 Å². The Morgan fingerprint density at radius 3 is 2.47 bits per heavy atom. The van der Waals surface area contributed by atoms with Crippen LogP contribution in [0.2, 0.25) is 0 Å². The zero-order valence-corrected chi connectivity index (χ0v) is 14.2. The standard InChI is InChI=1S/C12H25N5O.HI/c1-3-4-14-12(13)15-5-6-16-7-9-17(10-8-16)11(2)18;/h3-10H2,1-2H3,(H3,13,14,15);1H. The SMILES string of the molecule is CCCN=C(N)NCCN1CCN(C(C)=O)CC1.I. The van der Waals surface area contributed by atoms with E-state index in [-0.39, 0.29) is 29.9 Å². The van der Waals surface area contributed by atoms with Gasteiger partial charge in [0, 0.05) is 52.7 Å². The van der Waals surface area contributed by atoms with Gasteiger partial charge in [0.15, 0.2) is 5.96 Å². The molecule has 1 fully saturated rings. The molecule has 0 saturated carbocycles. The lowest BCUT2D eigenvalue weighted by molar-refractivity contribution is -0.130. The first-order valence-electron chi connectivity index (χ1n) is 6.65. The van der Waals surface area contributed by atoms with Crippen LogP contribution < -0.4 is 11.1 Å². The first-order valence-corrected chi connectivity index (χ1v) is 6.65. The third-order valence-electron chi connectivity index (χ3n) is 3.06. The van der Waals surface area contributed by atoms with E-state index in [4.69, 9.17) is 5.73 Å². The van der Waals surface area contributed by atoms with Crippen LogP contribution in [0.5, 0.6) is 0 Å². The van der Waals surface area contributed by atoms with Crippen LogP contribution in [0, 0.1) is 0 Å². The zero-order chi connectivity index (χ0) is 13.4. The maximum atomic E-state index is 11.2. The molecule has 6 nitrogen and oxygen atoms in total. The molecule has 1 rings (SSSR count). The summed E-state index contributed by atoms with van der Waals surface area (Å²) in [6, 6.07) is 0. The lowest BCUT2D eigenvalue weighted by atomic mass is 10.3. The van der Waals surface area contributed by atoms with Crippen LogP contribution in [-0.4, -0.2) is 67.5 Å². The normalized spacial score (nSPS) is 16.9. The monoisotopic (exact) mass is 383 g/mol. The van der Waals surface area contributed by atoms with Crippen LogP contribution in [0.4, 0.5) is 0 Å². The van der Waals surface area contributed by atoms with E-state index in [1.807, 2.05) is 4.90 Å². The van der Waals surface area contributed by atoms with Gasteiger partial charge in [0.05, 0.1) is 0 Å². The Bertz CT molecular complexity index is 290. The number of amides is 1. The number of rotatable bonds is 5. The zero-order valence-electron chi connectivity index (χ0n) is 11.9. The summed E-state index contributed by atoms with van der Waals surface area (Å²) in [5, 5.41) is 3.10. The van der Waals surface area contributed by atoms with Gasteiger partial charge >= 0.3 is 0 Å². The number of hydrogen-bond acceptors (Lipinski definition) is 3. The van der Waals surface area contributed by atoms with Crippen molar-refractivity contribution in [1.29, 1.82) is 0 Å². The van der Waals surface area contributed by atoms with Gasteiger partial charge in [0.25, 0.3) is 0 Å². The van der Waals surface area contributed by atoms with Crippen molar-refractivity contribution < 1.29 is 4.79 Å². The molecule has 1 amide bonds. The lowest BCUT2D eigenvalue weighted by Crippen LogP contribution is -2.50. The molecule has 3 N–H and O–H groups in total. The Hall–Kier alpha value is -0.570. The molecule has 0 aliphatic carbocycles. The average Bonchev–Trinajstić information content (AvgIpc) is 2.37. The Kier molecular flexibility index (Phi) is 9.94. The molecular formula is C12H26IN5O. The van der Waals surface area contributed by atoms with Gasteiger partial charge in [0.1, 0.15) is 0 Å². The van der Waals surface area contributed by atoms with E-state index in [0.29, 0.717) is 5.96 Å². The molecule has 0 atom stereocenters. The van der Waals surface area contributed by atoms with Crippen molar-refractivity contribution in [3.8, 4) is 0 Å². The molecule has 112 valence electrons. The van der Waals surface area contributed by atoms with Gasteiger partial charge in [-0.2, -0.15) is 0 Å². The number of piperazine rings is 1. The van der Waals surface area contributed by atoms with E-state index in [1.165, 1.54) is 0 Å². The van der Waals surface area contributed by atoms with E-state index in [9.17, 15) is 4.79 Å². The summed E-state index contributed by atoms with van der Waals surface area (Å²) < 4.78 is 0. The van der Waals surface area contributed by atoms with Crippen molar-refractivity contribution in [2.24, 2.45) is 10.7 Å². The highest BCUT2D eigenvalue weighted by Gasteiger charge is 2.17. The Morgan fingerprint density at radius 1 is 1.32 bits per heavy atom. The smallest absolute Gasteiger partial charge is 0.219 e. The summed E-state index contributed by atoms with van der Waals surface area (Å²) in [7, 11) is 0. The van der Waals surface area contributed by atoms with Crippen molar-refractivity contribution in [3.63, 3.8) is 0 Å². The number of carbonyl (C=O) groups excluding carboxylic acids is 1. The van der Waals surface area contributed by atoms with Crippen molar-refractivity contribution >= 4 is 35.8 Å². The molecule has 0 unspecified atom stereocenters. The van der Waals surface area contributed by atoms with E-state index >= 15 is 0 Å². The molecule has 0 spiro atoms. The molecule has 0 radical (unpaired) electrons. The predicted octanol–water partition coefficient (Wildman–Crippen LogP) is 0.0828. The van der Waals surface area contributed by atoms with Gasteiger partial charge in [-0.3, -0.25) is 14.7 Å². The number of aliphatic imine (C=N–C) groups is 1. The molecule has 1 aliphatic rings. The van der Waals surface area contributed by atoms with E-state index in [1.54, 1.807) is 6.92 Å². The summed E-state index contributed by atoms with van der Waals surface area (Å²) >= 11 is 0. The maximum Gasteiger partial charge on any atom is 0.219 e. The molecule has 1 saturated heterocycles. The number of nitrogens with zero attached hydrogens (tertiary/aromatic N) is 3. The molecular weight excluding hydrogens is 357 g/mol. The highest BCUT2D eigenvalue weighted by Crippen LogP contribution is 2.00. The summed E-state index contributed by atoms with van der Waals surface area (Å²) in [5.74, 6) is 0.697. The van der Waals surface area contributed by atoms with Crippen LogP contribution in [0.25, 0.3) is 0 Å². The summed E-state index contributed by atoms with van der Waals surface area (Å²) in [5.41, 5.74) is 5.70. The Morgan fingerprint density at radius 2 is 1.95 bits per heavy atom. The largest absolute Gasteiger partial charge is 0.370 e. The summed E-state index contributed by atoms with van der Waals surface area (Å²) in [6.07, 6.45) is 1.01. The summed E-state index contributed by atoms with van der Waals surface area (Å²) in [4.78, 5) is 19.6. The molecule has 0 aromatic rings. The third kappa shape index (κ3) is 7.56. The first-order chi connectivity index (χ1) is 8.63. The number of nitrogens with one attached hydrogen (secondary N) is 1. The number of hydrogen-bond donors (Lipinski definition) is 2. The van der Waals surface area contributed by atoms with Gasteiger partial charge in [-0.1, -0.05) is 6.92 Å². The minimum Gasteiger partial charge on any atom is -0.370 e. The van der Waals surface area contributed by atoms with E-state index < -0.39 is 0 Å². The van der Waals surface area contributed by atoms with Gasteiger partial charge in [0.2, 0.25) is 5.91 Å². The number of halogens is 1. The fraction of sp³-hybridized carbons (Fsp3) is 0.833. The molecule has 19 heavy (non-hydrogen) atoms. The maximum absolute atomic E-state index is 11.2. The predicted molar refractivity (Wildman–Crippen MR) is 88.9 cm³/mol. The Balaban J connectivity index is 0.00000324. The second-order valence-corrected chi connectivity index (χ2v) is 4.54. The van der Waals surface area contributed by atoms with Crippen LogP contribution >= 0.6 is 24.0 Å². The Labute approximate surface area is 132 Å². The average molecular weight is 383 g/mol. The van der Waals surface area contributed by atoms with E-state index in [0.717, 1.165) is 52.2 Å². The molecule has 0 bridgehead atoms. The van der Waals surface area contributed by atoms with Crippen LogP contribution in [-0.2, 0) is 4.79 Å². The second-order valence-electron chi connectivity index (χ2n) is 4.54. The molecule has 0 aromatic heterocycles. The van der Waals surface area contributed by atoms with E-state index in [2.05, 4.69) is 22.1 Å². The van der Waals surface area contributed by atoms with Crippen LogP contribution in [0.1, 0.15) is 20.3 Å². The third-order valence-corrected chi connectivity index (χ3v) is 3.06. The minimum absolute atomic E-state index is 0. The second kappa shape index (κ2) is 10.2. The summed E-state index contributed by atoms with van der Waals surface area (Å²) in [6.45, 7) is 9.75. The lowest BCUT2D eigenvalue weighted by Gasteiger charge is -2.34. The molecule has 7 heteroatoms. The molecule has 1 aliphatic heterocycles. The van der Waals surface area contributed by atoms with Gasteiger partial charge in [-0.15, -0.1) is 24.0 Å². The highest BCUT2D eigenvalue weighted by atomic mass is 127. The van der Waals surface area contributed by atoms with Gasteiger partial charge < -0.3 is 16.0 Å². The quantitative estimate of drug-likeness (QED) is 0.401. The molecule has 1 heterocycles. The fourth-order valence-electron chi connectivity index (χ4n) is 1.92. The number of nitrogens with two attached hydrogens (primary N) is 1. The minimum atomic E-state index is 0.